The monoisotopic (exact) mass is 383 g/mol. The number of rotatable bonds is 6. The van der Waals surface area contributed by atoms with Gasteiger partial charge in [0.25, 0.3) is 5.91 Å². The minimum atomic E-state index is -0.444. The molecule has 4 N–H and O–H groups in total. The lowest BCUT2D eigenvalue weighted by molar-refractivity contribution is -0.125. The highest BCUT2D eigenvalue weighted by Gasteiger charge is 2.26. The van der Waals surface area contributed by atoms with Crippen LogP contribution in [0.4, 0.5) is 5.69 Å². The third-order valence-electron chi connectivity index (χ3n) is 5.31. The van der Waals surface area contributed by atoms with Gasteiger partial charge in [-0.3, -0.25) is 9.59 Å². The maximum atomic E-state index is 12.4. The zero-order chi connectivity index (χ0) is 20.4. The summed E-state index contributed by atoms with van der Waals surface area (Å²) in [7, 11) is 3.94. The number of hydrogen-bond acceptors (Lipinski definition) is 4. The number of fused-ring (bicyclic) bond motifs is 1. The fourth-order valence-electron chi connectivity index (χ4n) is 3.68. The lowest BCUT2D eigenvalue weighted by Gasteiger charge is -2.18. The number of aromatic nitrogens is 1. The third kappa shape index (κ3) is 4.04. The largest absolute Gasteiger partial charge is 0.380 e. The Kier molecular flexibility index (Phi) is 5.74. The summed E-state index contributed by atoms with van der Waals surface area (Å²) in [6.07, 6.45) is 4.43. The number of primary amides is 1. The van der Waals surface area contributed by atoms with E-state index in [1.807, 2.05) is 49.9 Å². The predicted molar refractivity (Wildman–Crippen MR) is 113 cm³/mol. The van der Waals surface area contributed by atoms with Crippen LogP contribution in [0.3, 0.4) is 0 Å². The molecule has 1 aromatic carbocycles. The van der Waals surface area contributed by atoms with Crippen LogP contribution >= 0.6 is 0 Å². The van der Waals surface area contributed by atoms with Gasteiger partial charge in [-0.2, -0.15) is 0 Å². The Bertz CT molecular complexity index is 929. The molecular weight excluding hydrogens is 354 g/mol. The Morgan fingerprint density at radius 2 is 2.11 bits per heavy atom. The second-order valence-corrected chi connectivity index (χ2v) is 7.73. The lowest BCUT2D eigenvalue weighted by atomic mass is 10.0. The fraction of sp³-hybridized carbons (Fsp3) is 0.429. The smallest absolute Gasteiger partial charge is 0.250 e. The van der Waals surface area contributed by atoms with Crippen molar-refractivity contribution in [3.8, 4) is 0 Å². The molecule has 2 heterocycles. The van der Waals surface area contributed by atoms with Crippen LogP contribution in [0.1, 0.15) is 28.0 Å². The van der Waals surface area contributed by atoms with E-state index in [0.717, 1.165) is 47.4 Å². The molecule has 150 valence electrons. The normalized spacial score (nSPS) is 17.2. The van der Waals surface area contributed by atoms with Crippen molar-refractivity contribution in [2.24, 2.45) is 5.73 Å². The zero-order valence-electron chi connectivity index (χ0n) is 17.0. The first-order valence-electron chi connectivity index (χ1n) is 9.56. The maximum Gasteiger partial charge on any atom is 0.250 e. The van der Waals surface area contributed by atoms with E-state index < -0.39 is 5.91 Å². The van der Waals surface area contributed by atoms with Gasteiger partial charge in [0.1, 0.15) is 0 Å². The van der Waals surface area contributed by atoms with E-state index in [2.05, 4.69) is 10.3 Å². The number of anilines is 1. The van der Waals surface area contributed by atoms with Gasteiger partial charge >= 0.3 is 0 Å². The van der Waals surface area contributed by atoms with Gasteiger partial charge in [0, 0.05) is 48.5 Å². The number of hydrogen-bond donors (Lipinski definition) is 3. The molecule has 1 aromatic heterocycles. The molecule has 7 heteroatoms. The molecule has 1 aliphatic heterocycles. The van der Waals surface area contributed by atoms with Crippen molar-refractivity contribution >= 4 is 28.4 Å². The number of aryl methyl sites for hydroxylation is 2. The van der Waals surface area contributed by atoms with Crippen LogP contribution < -0.4 is 11.1 Å². The second kappa shape index (κ2) is 8.06. The van der Waals surface area contributed by atoms with E-state index in [-0.39, 0.29) is 11.9 Å². The molecule has 1 aliphatic rings. The van der Waals surface area contributed by atoms with Crippen molar-refractivity contribution in [2.75, 3.05) is 39.0 Å². The number of likely N-dealkylation sites (tertiary alicyclic amines) is 1. The minimum Gasteiger partial charge on any atom is -0.380 e. The van der Waals surface area contributed by atoms with E-state index in [4.69, 9.17) is 5.73 Å². The Balaban J connectivity index is 1.76. The predicted octanol–water partition coefficient (Wildman–Crippen LogP) is 2.01. The van der Waals surface area contributed by atoms with Crippen molar-refractivity contribution in [3.63, 3.8) is 0 Å². The molecule has 0 saturated carbocycles. The molecule has 1 saturated heterocycles. The van der Waals surface area contributed by atoms with Gasteiger partial charge in [0.15, 0.2) is 0 Å². The average Bonchev–Trinajstić information content (AvgIpc) is 3.20. The van der Waals surface area contributed by atoms with Gasteiger partial charge in [0.2, 0.25) is 5.91 Å². The molecule has 7 nitrogen and oxygen atoms in total. The number of amides is 2. The highest BCUT2D eigenvalue weighted by atomic mass is 16.2. The second-order valence-electron chi connectivity index (χ2n) is 7.73. The molecular formula is C21H29N5O2. The van der Waals surface area contributed by atoms with Crippen molar-refractivity contribution in [2.45, 2.75) is 26.3 Å². The average molecular weight is 383 g/mol. The van der Waals surface area contributed by atoms with E-state index in [1.54, 1.807) is 12.1 Å². The SMILES string of the molecule is Cc1[nH]c2c(C(N)=O)ccc(N[C@H]3CCN(C(=O)C=CCN(C)C)C3)c2c1C. The first-order valence-corrected chi connectivity index (χ1v) is 9.56. The Labute approximate surface area is 165 Å². The quantitative estimate of drug-likeness (QED) is 0.665. The number of aromatic amines is 1. The first kappa shape index (κ1) is 19.9. The summed E-state index contributed by atoms with van der Waals surface area (Å²) in [6.45, 7) is 6.16. The minimum absolute atomic E-state index is 0.0500. The number of benzene rings is 1. The van der Waals surface area contributed by atoms with Crippen LogP contribution in [-0.2, 0) is 4.79 Å². The number of nitrogens with zero attached hydrogens (tertiary/aromatic N) is 2. The van der Waals surface area contributed by atoms with Crippen LogP contribution in [0.15, 0.2) is 24.3 Å². The highest BCUT2D eigenvalue weighted by molar-refractivity contribution is 6.09. The van der Waals surface area contributed by atoms with Crippen LogP contribution in [0.2, 0.25) is 0 Å². The molecule has 3 rings (SSSR count). The van der Waals surface area contributed by atoms with Gasteiger partial charge in [-0.1, -0.05) is 6.08 Å². The molecule has 0 bridgehead atoms. The third-order valence-corrected chi connectivity index (χ3v) is 5.31. The van der Waals surface area contributed by atoms with Crippen LogP contribution in [0, 0.1) is 13.8 Å². The first-order chi connectivity index (χ1) is 13.3. The van der Waals surface area contributed by atoms with Gasteiger partial charge in [-0.05, 0) is 52.1 Å². The molecule has 2 aromatic rings. The summed E-state index contributed by atoms with van der Waals surface area (Å²) in [5.74, 6) is -0.394. The summed E-state index contributed by atoms with van der Waals surface area (Å²) >= 11 is 0. The van der Waals surface area contributed by atoms with Gasteiger partial charge in [0.05, 0.1) is 11.1 Å². The van der Waals surface area contributed by atoms with Crippen LogP contribution in [0.25, 0.3) is 10.9 Å². The van der Waals surface area contributed by atoms with E-state index in [9.17, 15) is 9.59 Å². The van der Waals surface area contributed by atoms with Crippen molar-refractivity contribution in [1.82, 2.24) is 14.8 Å². The molecule has 0 aliphatic carbocycles. The summed E-state index contributed by atoms with van der Waals surface area (Å²) in [5, 5.41) is 4.56. The molecule has 0 radical (unpaired) electrons. The lowest BCUT2D eigenvalue weighted by Crippen LogP contribution is -2.30. The number of likely N-dealkylation sites (N-methyl/N-ethyl adjacent to an activating group) is 1. The van der Waals surface area contributed by atoms with E-state index >= 15 is 0 Å². The number of carbonyl (C=O) groups is 2. The summed E-state index contributed by atoms with van der Waals surface area (Å²) in [6, 6.07) is 3.83. The standard InChI is InChI=1S/C21H29N5O2/c1-13-14(2)23-20-16(21(22)28)7-8-17(19(13)20)24-15-9-11-26(12-15)18(27)6-5-10-25(3)4/h5-8,15,23-24H,9-12H2,1-4H3,(H2,22,28)/t15-/m0/s1. The number of H-pyrrole nitrogens is 1. The maximum absolute atomic E-state index is 12.4. The Morgan fingerprint density at radius 3 is 2.79 bits per heavy atom. The van der Waals surface area contributed by atoms with E-state index in [0.29, 0.717) is 12.1 Å². The van der Waals surface area contributed by atoms with Crippen LogP contribution in [-0.4, -0.2) is 66.4 Å². The highest BCUT2D eigenvalue weighted by Crippen LogP contribution is 2.32. The molecule has 1 atom stereocenters. The molecule has 1 fully saturated rings. The van der Waals surface area contributed by atoms with Gasteiger partial charge in [-0.25, -0.2) is 0 Å². The van der Waals surface area contributed by atoms with Crippen molar-refractivity contribution < 1.29 is 9.59 Å². The fourth-order valence-corrected chi connectivity index (χ4v) is 3.68. The molecule has 28 heavy (non-hydrogen) atoms. The summed E-state index contributed by atoms with van der Waals surface area (Å²) < 4.78 is 0. The number of nitrogens with two attached hydrogens (primary N) is 1. The topological polar surface area (TPSA) is 94.5 Å². The van der Waals surface area contributed by atoms with Crippen molar-refractivity contribution in [3.05, 3.63) is 41.1 Å². The Hall–Kier alpha value is -2.80. The number of carbonyl (C=O) groups excluding carboxylic acids is 2. The van der Waals surface area contributed by atoms with Gasteiger partial charge in [-0.15, -0.1) is 0 Å². The summed E-state index contributed by atoms with van der Waals surface area (Å²) in [4.78, 5) is 31.3. The number of nitrogens with one attached hydrogen (secondary N) is 2. The van der Waals surface area contributed by atoms with Gasteiger partial charge < -0.3 is 25.8 Å². The molecule has 2 amide bonds. The Morgan fingerprint density at radius 1 is 1.36 bits per heavy atom. The summed E-state index contributed by atoms with van der Waals surface area (Å²) in [5.41, 5.74) is 9.86. The zero-order valence-corrected chi connectivity index (χ0v) is 17.0. The van der Waals surface area contributed by atoms with Crippen molar-refractivity contribution in [1.29, 1.82) is 0 Å². The van der Waals surface area contributed by atoms with Crippen LogP contribution in [0.5, 0.6) is 0 Å². The molecule has 0 spiro atoms. The molecule has 0 unspecified atom stereocenters. The van der Waals surface area contributed by atoms with E-state index in [1.165, 1.54) is 0 Å².